The fourth-order valence-corrected chi connectivity index (χ4v) is 4.82. The summed E-state index contributed by atoms with van der Waals surface area (Å²) in [4.78, 5) is 0. The lowest BCUT2D eigenvalue weighted by Gasteiger charge is -2.20. The fourth-order valence-electron chi connectivity index (χ4n) is 4.82. The number of halogens is 2. The Morgan fingerprint density at radius 3 is 2.12 bits per heavy atom. The Labute approximate surface area is 187 Å². The monoisotopic (exact) mass is 429 g/mol. The highest BCUT2D eigenvalue weighted by Gasteiger charge is 2.35. The van der Waals surface area contributed by atoms with Crippen LogP contribution < -0.4 is 4.57 Å². The van der Waals surface area contributed by atoms with Crippen molar-refractivity contribution in [3.8, 4) is 28.2 Å². The average Bonchev–Trinajstić information content (AvgIpc) is 3.32. The summed E-state index contributed by atoms with van der Waals surface area (Å²) in [5.41, 5.74) is 7.07. The summed E-state index contributed by atoms with van der Waals surface area (Å²) >= 11 is 0. The topological polar surface area (TPSA) is 8.81 Å². The van der Waals surface area contributed by atoms with Gasteiger partial charge in [0.1, 0.15) is 41.8 Å². The number of benzene rings is 3. The standard InChI is InChI=1S/C28H27F2N2/c1-17(2)23-13-20(19-8-6-5-7-9-19)14-24(18(3)4)27(23)32-11-10-31-16-21-12-22(29)15-25(30)26(21)28(31)32/h5-15,17-18H,16H2,1-4H3/q+1. The van der Waals surface area contributed by atoms with Crippen LogP contribution in [0.4, 0.5) is 8.78 Å². The zero-order valence-electron chi connectivity index (χ0n) is 18.9. The van der Waals surface area contributed by atoms with Crippen molar-refractivity contribution in [1.82, 2.24) is 4.57 Å². The molecule has 4 heteroatoms. The lowest BCUT2D eigenvalue weighted by atomic mass is 9.88. The minimum atomic E-state index is -0.531. The predicted molar refractivity (Wildman–Crippen MR) is 124 cm³/mol. The van der Waals surface area contributed by atoms with Gasteiger partial charge in [-0.2, -0.15) is 4.57 Å². The molecule has 0 unspecified atom stereocenters. The quantitative estimate of drug-likeness (QED) is 0.272. The zero-order chi connectivity index (χ0) is 22.6. The Kier molecular flexibility index (Phi) is 4.96. The van der Waals surface area contributed by atoms with E-state index in [2.05, 4.69) is 68.7 Å². The molecule has 5 rings (SSSR count). The number of aromatic nitrogens is 2. The van der Waals surface area contributed by atoms with Crippen molar-refractivity contribution in [2.45, 2.75) is 46.1 Å². The van der Waals surface area contributed by atoms with Crippen molar-refractivity contribution in [3.05, 3.63) is 95.3 Å². The van der Waals surface area contributed by atoms with Crippen LogP contribution >= 0.6 is 0 Å². The average molecular weight is 430 g/mol. The summed E-state index contributed by atoms with van der Waals surface area (Å²) in [5.74, 6) is 0.274. The molecule has 1 aromatic heterocycles. The van der Waals surface area contributed by atoms with E-state index in [0.717, 1.165) is 17.6 Å². The fraction of sp³-hybridized carbons (Fsp3) is 0.250. The first-order valence-electron chi connectivity index (χ1n) is 11.2. The molecule has 0 atom stereocenters. The molecule has 0 N–H and O–H groups in total. The van der Waals surface area contributed by atoms with E-state index in [4.69, 9.17) is 0 Å². The second-order valence-corrected chi connectivity index (χ2v) is 9.22. The van der Waals surface area contributed by atoms with Crippen LogP contribution in [0, 0.1) is 11.6 Å². The van der Waals surface area contributed by atoms with Crippen molar-refractivity contribution in [2.75, 3.05) is 0 Å². The molecule has 0 saturated carbocycles. The van der Waals surface area contributed by atoms with Gasteiger partial charge in [-0.25, -0.2) is 13.3 Å². The minimum Gasteiger partial charge on any atom is -0.225 e. The molecule has 32 heavy (non-hydrogen) atoms. The number of imidazole rings is 1. The van der Waals surface area contributed by atoms with Gasteiger partial charge in [0, 0.05) is 22.8 Å². The highest BCUT2D eigenvalue weighted by molar-refractivity contribution is 5.72. The third-order valence-corrected chi connectivity index (χ3v) is 6.36. The van der Waals surface area contributed by atoms with Crippen LogP contribution in [0.2, 0.25) is 0 Å². The number of hydrogen-bond acceptors (Lipinski definition) is 0. The molecule has 0 saturated heterocycles. The number of rotatable bonds is 4. The van der Waals surface area contributed by atoms with Crippen molar-refractivity contribution < 1.29 is 13.3 Å². The Morgan fingerprint density at radius 1 is 0.844 bits per heavy atom. The maximum absolute atomic E-state index is 14.9. The first-order chi connectivity index (χ1) is 15.3. The molecule has 1 aliphatic heterocycles. The van der Waals surface area contributed by atoms with E-state index in [1.165, 1.54) is 28.3 Å². The lowest BCUT2D eigenvalue weighted by molar-refractivity contribution is -0.671. The third-order valence-electron chi connectivity index (χ3n) is 6.36. The summed E-state index contributed by atoms with van der Waals surface area (Å²) < 4.78 is 32.9. The van der Waals surface area contributed by atoms with Crippen molar-refractivity contribution >= 4 is 0 Å². The van der Waals surface area contributed by atoms with Gasteiger partial charge in [0.2, 0.25) is 0 Å². The van der Waals surface area contributed by atoms with E-state index in [1.807, 2.05) is 23.0 Å². The van der Waals surface area contributed by atoms with Crippen LogP contribution in [0.1, 0.15) is 56.2 Å². The van der Waals surface area contributed by atoms with E-state index in [-0.39, 0.29) is 11.8 Å². The van der Waals surface area contributed by atoms with E-state index < -0.39 is 11.6 Å². The number of nitrogens with zero attached hydrogens (tertiary/aromatic N) is 2. The highest BCUT2D eigenvalue weighted by Crippen LogP contribution is 2.39. The van der Waals surface area contributed by atoms with Crippen molar-refractivity contribution in [3.63, 3.8) is 0 Å². The Bertz CT molecular complexity index is 1290. The smallest absolute Gasteiger partial charge is 0.225 e. The highest BCUT2D eigenvalue weighted by atomic mass is 19.1. The van der Waals surface area contributed by atoms with Crippen LogP contribution in [0.25, 0.3) is 28.2 Å². The summed E-state index contributed by atoms with van der Waals surface area (Å²) in [6.45, 7) is 9.25. The summed E-state index contributed by atoms with van der Waals surface area (Å²) in [6.07, 6.45) is 3.97. The molecule has 3 aromatic carbocycles. The first kappa shape index (κ1) is 20.6. The van der Waals surface area contributed by atoms with E-state index >= 15 is 0 Å². The van der Waals surface area contributed by atoms with Crippen LogP contribution in [0.3, 0.4) is 0 Å². The van der Waals surface area contributed by atoms with Gasteiger partial charge in [0.15, 0.2) is 0 Å². The molecule has 162 valence electrons. The second-order valence-electron chi connectivity index (χ2n) is 9.22. The molecule has 0 fully saturated rings. The van der Waals surface area contributed by atoms with Crippen molar-refractivity contribution in [1.29, 1.82) is 0 Å². The van der Waals surface area contributed by atoms with Gasteiger partial charge in [-0.3, -0.25) is 0 Å². The van der Waals surface area contributed by atoms with Gasteiger partial charge in [0.05, 0.1) is 0 Å². The SMILES string of the molecule is CC(C)c1cc(-c2ccccc2)cc(C(C)C)c1-n1cc[n+]2c1-c1c(F)cc(F)cc1C2. The molecular formula is C28H27F2N2+. The van der Waals surface area contributed by atoms with Gasteiger partial charge in [0.25, 0.3) is 5.82 Å². The second kappa shape index (κ2) is 7.70. The zero-order valence-corrected chi connectivity index (χ0v) is 18.9. The maximum atomic E-state index is 14.9. The Hall–Kier alpha value is -3.27. The lowest BCUT2D eigenvalue weighted by Crippen LogP contribution is -2.30. The van der Waals surface area contributed by atoms with Crippen LogP contribution in [0.15, 0.2) is 67.0 Å². The predicted octanol–water partition coefficient (Wildman–Crippen LogP) is 6.99. The van der Waals surface area contributed by atoms with Crippen LogP contribution in [-0.4, -0.2) is 4.57 Å². The molecule has 0 amide bonds. The number of hydrogen-bond donors (Lipinski definition) is 0. The normalized spacial score (nSPS) is 12.5. The summed E-state index contributed by atoms with van der Waals surface area (Å²) in [5, 5.41) is 0. The van der Waals surface area contributed by atoms with Gasteiger partial charge in [-0.15, -0.1) is 0 Å². The van der Waals surface area contributed by atoms with Gasteiger partial charge in [-0.05, 0) is 41.2 Å². The molecule has 0 radical (unpaired) electrons. The third kappa shape index (κ3) is 3.26. The summed E-state index contributed by atoms with van der Waals surface area (Å²) in [6, 6.07) is 17.4. The number of fused-ring (bicyclic) bond motifs is 3. The van der Waals surface area contributed by atoms with E-state index in [1.54, 1.807) is 0 Å². The maximum Gasteiger partial charge on any atom is 0.297 e. The summed E-state index contributed by atoms with van der Waals surface area (Å²) in [7, 11) is 0. The molecule has 0 spiro atoms. The first-order valence-corrected chi connectivity index (χ1v) is 11.2. The van der Waals surface area contributed by atoms with Gasteiger partial charge < -0.3 is 0 Å². The van der Waals surface area contributed by atoms with Crippen LogP contribution in [-0.2, 0) is 6.54 Å². The molecule has 2 nitrogen and oxygen atoms in total. The molecule has 2 heterocycles. The molecule has 1 aliphatic rings. The van der Waals surface area contributed by atoms with Crippen molar-refractivity contribution in [2.24, 2.45) is 0 Å². The molecule has 0 bridgehead atoms. The molecule has 0 aliphatic carbocycles. The Balaban J connectivity index is 1.79. The van der Waals surface area contributed by atoms with Gasteiger partial charge >= 0.3 is 0 Å². The molecule has 4 aromatic rings. The minimum absolute atomic E-state index is 0.271. The van der Waals surface area contributed by atoms with E-state index in [0.29, 0.717) is 17.7 Å². The Morgan fingerprint density at radius 2 is 1.50 bits per heavy atom. The largest absolute Gasteiger partial charge is 0.297 e. The van der Waals surface area contributed by atoms with E-state index in [9.17, 15) is 8.78 Å². The van der Waals surface area contributed by atoms with Gasteiger partial charge in [-0.1, -0.05) is 58.0 Å². The molecular weight excluding hydrogens is 402 g/mol. The van der Waals surface area contributed by atoms with Crippen LogP contribution in [0.5, 0.6) is 0 Å².